The first-order valence-corrected chi connectivity index (χ1v) is 7.24. The van der Waals surface area contributed by atoms with Crippen molar-refractivity contribution in [3.8, 4) is 0 Å². The van der Waals surface area contributed by atoms with Gasteiger partial charge >= 0.3 is 0 Å². The van der Waals surface area contributed by atoms with Gasteiger partial charge in [-0.2, -0.15) is 0 Å². The van der Waals surface area contributed by atoms with E-state index in [0.717, 1.165) is 5.69 Å². The molecule has 3 N–H and O–H groups in total. The van der Waals surface area contributed by atoms with Crippen molar-refractivity contribution in [2.45, 2.75) is 4.90 Å². The lowest BCUT2D eigenvalue weighted by Gasteiger charge is -2.08. The van der Waals surface area contributed by atoms with E-state index in [0.29, 0.717) is 5.69 Å². The number of anilines is 2. The van der Waals surface area contributed by atoms with E-state index in [1.165, 1.54) is 11.0 Å². The maximum absolute atomic E-state index is 13.7. The average Bonchev–Trinajstić information content (AvgIpc) is 2.39. The van der Waals surface area contributed by atoms with Gasteiger partial charge in [0.1, 0.15) is 10.8 Å². The van der Waals surface area contributed by atoms with E-state index in [1.807, 2.05) is 30.5 Å². The number of benzene rings is 2. The molecular weight excluding hydrogens is 279 g/mol. The highest BCUT2D eigenvalue weighted by atomic mass is 32.2. The monoisotopic (exact) mass is 292 g/mol. The molecule has 0 saturated carbocycles. The lowest BCUT2D eigenvalue weighted by atomic mass is 10.2. The molecule has 0 amide bonds. The largest absolute Gasteiger partial charge is 0.389 e. The topological polar surface area (TPSA) is 38.0 Å². The molecule has 2 rings (SSSR count). The van der Waals surface area contributed by atoms with Gasteiger partial charge in [-0.15, -0.1) is 11.8 Å². The lowest BCUT2D eigenvalue weighted by Crippen LogP contribution is -2.11. The van der Waals surface area contributed by atoms with Gasteiger partial charge in [0.05, 0.1) is 0 Å². The van der Waals surface area contributed by atoms with E-state index in [-0.39, 0.29) is 10.6 Å². The molecule has 0 unspecified atom stereocenters. The molecular formula is C14H13FN2S2. The van der Waals surface area contributed by atoms with Crippen LogP contribution in [0, 0.1) is 5.82 Å². The highest BCUT2D eigenvalue weighted by Crippen LogP contribution is 2.22. The van der Waals surface area contributed by atoms with Gasteiger partial charge in [-0.3, -0.25) is 0 Å². The minimum absolute atomic E-state index is 0.0633. The molecule has 2 aromatic rings. The number of nitrogens with one attached hydrogen (secondary N) is 1. The second-order valence-electron chi connectivity index (χ2n) is 3.91. The van der Waals surface area contributed by atoms with Gasteiger partial charge in [-0.05, 0) is 48.7 Å². The van der Waals surface area contributed by atoms with E-state index in [2.05, 4.69) is 5.32 Å². The molecule has 0 radical (unpaired) electrons. The first-order valence-electron chi connectivity index (χ1n) is 5.60. The van der Waals surface area contributed by atoms with Crippen LogP contribution in [0.2, 0.25) is 0 Å². The summed E-state index contributed by atoms with van der Waals surface area (Å²) in [5.41, 5.74) is 7.24. The van der Waals surface area contributed by atoms with Crippen molar-refractivity contribution in [1.82, 2.24) is 0 Å². The Bertz CT molecular complexity index is 597. The van der Waals surface area contributed by atoms with Crippen molar-refractivity contribution >= 4 is 40.3 Å². The van der Waals surface area contributed by atoms with Gasteiger partial charge in [-0.1, -0.05) is 12.2 Å². The number of nitrogens with two attached hydrogens (primary N) is 1. The Hall–Kier alpha value is -1.59. The third-order valence-electron chi connectivity index (χ3n) is 2.61. The van der Waals surface area contributed by atoms with Crippen LogP contribution in [0.3, 0.4) is 0 Å². The van der Waals surface area contributed by atoms with E-state index in [4.69, 9.17) is 18.0 Å². The second kappa shape index (κ2) is 6.04. The molecule has 0 aliphatic carbocycles. The minimum atomic E-state index is -0.418. The second-order valence-corrected chi connectivity index (χ2v) is 5.23. The number of hydrogen-bond donors (Lipinski definition) is 2. The smallest absolute Gasteiger partial charge is 0.135 e. The fraction of sp³-hybridized carbons (Fsp3) is 0.0714. The summed E-state index contributed by atoms with van der Waals surface area (Å²) in [6.07, 6.45) is 2.02. The highest BCUT2D eigenvalue weighted by Gasteiger charge is 2.06. The molecule has 2 aromatic carbocycles. The van der Waals surface area contributed by atoms with Crippen LogP contribution in [0.1, 0.15) is 5.56 Å². The molecule has 0 aliphatic rings. The highest BCUT2D eigenvalue weighted by molar-refractivity contribution is 7.98. The fourth-order valence-corrected chi connectivity index (χ4v) is 2.21. The van der Waals surface area contributed by atoms with Crippen LogP contribution in [-0.2, 0) is 0 Å². The molecule has 0 fully saturated rings. The normalized spacial score (nSPS) is 10.2. The number of rotatable bonds is 4. The predicted octanol–water partition coefficient (Wildman–Crippen LogP) is 3.93. The van der Waals surface area contributed by atoms with Gasteiger partial charge in [-0.25, -0.2) is 4.39 Å². The Balaban J connectivity index is 2.18. The Morgan fingerprint density at radius 2 is 1.79 bits per heavy atom. The Labute approximate surface area is 121 Å². The van der Waals surface area contributed by atoms with Gasteiger partial charge in [0, 0.05) is 21.8 Å². The average molecular weight is 292 g/mol. The van der Waals surface area contributed by atoms with Crippen LogP contribution < -0.4 is 11.1 Å². The lowest BCUT2D eigenvalue weighted by molar-refractivity contribution is 0.626. The van der Waals surface area contributed by atoms with Crippen molar-refractivity contribution < 1.29 is 4.39 Å². The van der Waals surface area contributed by atoms with Crippen LogP contribution in [0.5, 0.6) is 0 Å². The molecule has 0 atom stereocenters. The minimum Gasteiger partial charge on any atom is -0.389 e. The molecule has 2 nitrogen and oxygen atoms in total. The standard InChI is InChI=1S/C14H13FN2S2/c1-19-11-5-2-9(3-6-11)17-10-4-7-12(14(16)18)13(15)8-10/h2-8,17H,1H3,(H2,16,18). The van der Waals surface area contributed by atoms with Gasteiger partial charge in [0.25, 0.3) is 0 Å². The first-order chi connectivity index (χ1) is 9.10. The SMILES string of the molecule is CSc1ccc(Nc2ccc(C(N)=S)c(F)c2)cc1. The summed E-state index contributed by atoms with van der Waals surface area (Å²) < 4.78 is 13.7. The van der Waals surface area contributed by atoms with Crippen molar-refractivity contribution in [1.29, 1.82) is 0 Å². The summed E-state index contributed by atoms with van der Waals surface area (Å²) in [4.78, 5) is 1.24. The third kappa shape index (κ3) is 3.45. The molecule has 0 spiro atoms. The van der Waals surface area contributed by atoms with Crippen molar-refractivity contribution in [3.63, 3.8) is 0 Å². The molecule has 19 heavy (non-hydrogen) atoms. The molecule has 0 aromatic heterocycles. The van der Waals surface area contributed by atoms with Crippen molar-refractivity contribution in [3.05, 3.63) is 53.8 Å². The predicted molar refractivity (Wildman–Crippen MR) is 83.8 cm³/mol. The number of thioether (sulfide) groups is 1. The van der Waals surface area contributed by atoms with Crippen LogP contribution in [0.15, 0.2) is 47.4 Å². The molecule has 0 heterocycles. The van der Waals surface area contributed by atoms with Crippen LogP contribution >= 0.6 is 24.0 Å². The zero-order chi connectivity index (χ0) is 13.8. The Morgan fingerprint density at radius 3 is 2.32 bits per heavy atom. The van der Waals surface area contributed by atoms with Crippen LogP contribution in [0.4, 0.5) is 15.8 Å². The molecule has 0 aliphatic heterocycles. The molecule has 0 saturated heterocycles. The zero-order valence-electron chi connectivity index (χ0n) is 10.3. The van der Waals surface area contributed by atoms with Gasteiger partial charge in [0.15, 0.2) is 0 Å². The summed E-state index contributed by atoms with van der Waals surface area (Å²) in [5.74, 6) is -0.418. The van der Waals surface area contributed by atoms with Gasteiger partial charge in [0.2, 0.25) is 0 Å². The van der Waals surface area contributed by atoms with Gasteiger partial charge < -0.3 is 11.1 Å². The number of hydrogen-bond acceptors (Lipinski definition) is 3. The third-order valence-corrected chi connectivity index (χ3v) is 3.58. The maximum atomic E-state index is 13.7. The first kappa shape index (κ1) is 13.8. The summed E-state index contributed by atoms with van der Waals surface area (Å²) in [5, 5.41) is 3.13. The Morgan fingerprint density at radius 1 is 1.16 bits per heavy atom. The van der Waals surface area contributed by atoms with E-state index in [9.17, 15) is 4.39 Å². The fourth-order valence-electron chi connectivity index (χ4n) is 1.63. The quantitative estimate of drug-likeness (QED) is 0.661. The maximum Gasteiger partial charge on any atom is 0.135 e. The number of halogens is 1. The van der Waals surface area contributed by atoms with Crippen LogP contribution in [-0.4, -0.2) is 11.2 Å². The summed E-state index contributed by atoms with van der Waals surface area (Å²) in [6, 6.07) is 12.6. The molecule has 98 valence electrons. The molecule has 5 heteroatoms. The van der Waals surface area contributed by atoms with Crippen LogP contribution in [0.25, 0.3) is 0 Å². The van der Waals surface area contributed by atoms with Crippen molar-refractivity contribution in [2.24, 2.45) is 5.73 Å². The summed E-state index contributed by atoms with van der Waals surface area (Å²) in [6.45, 7) is 0. The van der Waals surface area contributed by atoms with Crippen molar-refractivity contribution in [2.75, 3.05) is 11.6 Å². The Kier molecular flexibility index (Phi) is 4.39. The van der Waals surface area contributed by atoms with E-state index in [1.54, 1.807) is 23.9 Å². The van der Waals surface area contributed by atoms with E-state index >= 15 is 0 Å². The zero-order valence-corrected chi connectivity index (χ0v) is 11.9. The van der Waals surface area contributed by atoms with E-state index < -0.39 is 5.82 Å². The number of thiocarbonyl (C=S) groups is 1. The summed E-state index contributed by atoms with van der Waals surface area (Å²) in [7, 11) is 0. The molecule has 0 bridgehead atoms. The summed E-state index contributed by atoms with van der Waals surface area (Å²) >= 11 is 6.44.